The molecule has 1 aliphatic rings. The van der Waals surface area contributed by atoms with Crippen LogP contribution in [0.4, 0.5) is 9.93 Å². The van der Waals surface area contributed by atoms with Crippen LogP contribution in [-0.4, -0.2) is 54.7 Å². The van der Waals surface area contributed by atoms with Gasteiger partial charge >= 0.3 is 6.03 Å². The fraction of sp³-hybridized carbons (Fsp3) is 0.545. The highest BCUT2D eigenvalue weighted by molar-refractivity contribution is 7.13. The predicted molar refractivity (Wildman–Crippen MR) is 71.2 cm³/mol. The van der Waals surface area contributed by atoms with E-state index in [9.17, 15) is 9.59 Å². The van der Waals surface area contributed by atoms with Crippen molar-refractivity contribution < 1.29 is 14.3 Å². The highest BCUT2D eigenvalue weighted by atomic mass is 32.1. The molecular formula is C11H16N4O3S. The Kier molecular flexibility index (Phi) is 4.33. The maximum Gasteiger partial charge on any atom is 0.323 e. The fourth-order valence-electron chi connectivity index (χ4n) is 1.74. The molecule has 1 atom stereocenters. The van der Waals surface area contributed by atoms with Gasteiger partial charge in [0.2, 0.25) is 0 Å². The molecule has 19 heavy (non-hydrogen) atoms. The molecule has 1 aliphatic heterocycles. The van der Waals surface area contributed by atoms with Crippen molar-refractivity contribution in [2.24, 2.45) is 0 Å². The summed E-state index contributed by atoms with van der Waals surface area (Å²) in [6.07, 6.45) is -0.609. The topological polar surface area (TPSA) is 83.6 Å². The first-order valence-corrected chi connectivity index (χ1v) is 6.79. The zero-order valence-electron chi connectivity index (χ0n) is 10.8. The number of carbonyl (C=O) groups is 2. The molecular weight excluding hydrogens is 268 g/mol. The fourth-order valence-corrected chi connectivity index (χ4v) is 2.41. The first-order valence-electron chi connectivity index (χ1n) is 5.91. The van der Waals surface area contributed by atoms with Crippen molar-refractivity contribution in [1.29, 1.82) is 0 Å². The monoisotopic (exact) mass is 284 g/mol. The van der Waals surface area contributed by atoms with Gasteiger partial charge in [-0.15, -0.1) is 11.3 Å². The smallest absolute Gasteiger partial charge is 0.323 e. The minimum Gasteiger partial charge on any atom is -0.365 e. The third-order valence-corrected chi connectivity index (χ3v) is 3.60. The molecule has 0 spiro atoms. The highest BCUT2D eigenvalue weighted by Gasteiger charge is 2.28. The molecule has 1 unspecified atom stereocenters. The average Bonchev–Trinajstić information content (AvgIpc) is 2.83. The van der Waals surface area contributed by atoms with E-state index in [1.807, 2.05) is 12.3 Å². The molecule has 2 rings (SSSR count). The van der Waals surface area contributed by atoms with E-state index >= 15 is 0 Å². The number of rotatable bonds is 2. The molecule has 1 aromatic rings. The lowest BCUT2D eigenvalue weighted by atomic mass is 10.2. The van der Waals surface area contributed by atoms with Crippen LogP contribution in [0.5, 0.6) is 0 Å². The molecule has 1 fully saturated rings. The standard InChI is InChI=1S/C11H16N4O3S/c1-7-6-19-10(13-7)14-11(17)15-3-4-18-8(5-15)9(16)12-2/h6,8H,3-5H2,1-2H3,(H,12,16)(H,13,14,17). The first-order chi connectivity index (χ1) is 9.10. The van der Waals surface area contributed by atoms with E-state index in [0.29, 0.717) is 18.3 Å². The number of aryl methyl sites for hydroxylation is 1. The summed E-state index contributed by atoms with van der Waals surface area (Å²) in [5.41, 5.74) is 0.866. The molecule has 1 aromatic heterocycles. The van der Waals surface area contributed by atoms with Crippen molar-refractivity contribution in [2.45, 2.75) is 13.0 Å². The van der Waals surface area contributed by atoms with Crippen molar-refractivity contribution in [3.8, 4) is 0 Å². The third-order valence-electron chi connectivity index (χ3n) is 2.73. The lowest BCUT2D eigenvalue weighted by Gasteiger charge is -2.31. The van der Waals surface area contributed by atoms with E-state index in [1.165, 1.54) is 11.3 Å². The number of anilines is 1. The van der Waals surface area contributed by atoms with Gasteiger partial charge in [-0.2, -0.15) is 0 Å². The third kappa shape index (κ3) is 3.42. The Morgan fingerprint density at radius 1 is 1.58 bits per heavy atom. The number of carbonyl (C=O) groups excluding carboxylic acids is 2. The van der Waals surface area contributed by atoms with Gasteiger partial charge in [0.05, 0.1) is 18.8 Å². The second-order valence-corrected chi connectivity index (χ2v) is 5.00. The number of ether oxygens (including phenoxy) is 1. The summed E-state index contributed by atoms with van der Waals surface area (Å²) in [5.74, 6) is -0.220. The Balaban J connectivity index is 1.93. The van der Waals surface area contributed by atoms with Crippen molar-refractivity contribution in [1.82, 2.24) is 15.2 Å². The van der Waals surface area contributed by atoms with Crippen LogP contribution in [0, 0.1) is 6.92 Å². The maximum atomic E-state index is 12.0. The molecule has 2 N–H and O–H groups in total. The van der Waals surface area contributed by atoms with E-state index < -0.39 is 6.10 Å². The van der Waals surface area contributed by atoms with Gasteiger partial charge in [0, 0.05) is 19.0 Å². The van der Waals surface area contributed by atoms with E-state index in [2.05, 4.69) is 15.6 Å². The van der Waals surface area contributed by atoms with Crippen LogP contribution < -0.4 is 10.6 Å². The molecule has 3 amide bonds. The minimum absolute atomic E-state index is 0.220. The number of likely N-dealkylation sites (N-methyl/N-ethyl adjacent to an activating group) is 1. The van der Waals surface area contributed by atoms with Gasteiger partial charge in [-0.1, -0.05) is 0 Å². The number of hydrogen-bond donors (Lipinski definition) is 2. The number of nitrogens with zero attached hydrogens (tertiary/aromatic N) is 2. The Bertz CT molecular complexity index is 476. The van der Waals surface area contributed by atoms with Crippen molar-refractivity contribution in [3.05, 3.63) is 11.1 Å². The van der Waals surface area contributed by atoms with Crippen molar-refractivity contribution in [3.63, 3.8) is 0 Å². The summed E-state index contributed by atoms with van der Waals surface area (Å²) < 4.78 is 5.32. The van der Waals surface area contributed by atoms with Crippen molar-refractivity contribution in [2.75, 3.05) is 32.1 Å². The Hall–Kier alpha value is -1.67. The van der Waals surface area contributed by atoms with Gasteiger partial charge in [0.1, 0.15) is 0 Å². The van der Waals surface area contributed by atoms with Gasteiger partial charge in [-0.3, -0.25) is 10.1 Å². The van der Waals surface area contributed by atoms with Crippen LogP contribution in [0.25, 0.3) is 0 Å². The zero-order valence-corrected chi connectivity index (χ0v) is 11.6. The summed E-state index contributed by atoms with van der Waals surface area (Å²) in [4.78, 5) is 29.2. The number of morpholine rings is 1. The molecule has 2 heterocycles. The van der Waals surface area contributed by atoms with Crippen LogP contribution >= 0.6 is 11.3 Å². The lowest BCUT2D eigenvalue weighted by molar-refractivity contribution is -0.136. The predicted octanol–water partition coefficient (Wildman–Crippen LogP) is 0.430. The molecule has 0 aliphatic carbocycles. The number of amides is 3. The summed E-state index contributed by atoms with van der Waals surface area (Å²) in [6, 6.07) is -0.258. The molecule has 0 saturated carbocycles. The number of aromatic nitrogens is 1. The molecule has 7 nitrogen and oxygen atoms in total. The highest BCUT2D eigenvalue weighted by Crippen LogP contribution is 2.15. The van der Waals surface area contributed by atoms with Crippen LogP contribution in [0.2, 0.25) is 0 Å². The quantitative estimate of drug-likeness (QED) is 0.825. The molecule has 1 saturated heterocycles. The number of thiazole rings is 1. The molecule has 0 aromatic carbocycles. The van der Waals surface area contributed by atoms with Gasteiger partial charge in [0.25, 0.3) is 5.91 Å². The maximum absolute atomic E-state index is 12.0. The zero-order chi connectivity index (χ0) is 13.8. The molecule has 0 bridgehead atoms. The van der Waals surface area contributed by atoms with Crippen LogP contribution in [-0.2, 0) is 9.53 Å². The SMILES string of the molecule is CNC(=O)C1CN(C(=O)Nc2nc(C)cs2)CCO1. The van der Waals surface area contributed by atoms with Gasteiger partial charge < -0.3 is 15.0 Å². The van der Waals surface area contributed by atoms with Crippen LogP contribution in [0.15, 0.2) is 5.38 Å². The van der Waals surface area contributed by atoms with Gasteiger partial charge in [0.15, 0.2) is 11.2 Å². The van der Waals surface area contributed by atoms with E-state index in [-0.39, 0.29) is 18.5 Å². The number of nitrogens with one attached hydrogen (secondary N) is 2. The second kappa shape index (κ2) is 5.98. The lowest BCUT2D eigenvalue weighted by Crippen LogP contribution is -2.52. The summed E-state index contributed by atoms with van der Waals surface area (Å²) in [6.45, 7) is 2.92. The van der Waals surface area contributed by atoms with E-state index in [1.54, 1.807) is 11.9 Å². The Labute approximate surface area is 115 Å². The molecule has 8 heteroatoms. The Morgan fingerprint density at radius 2 is 2.37 bits per heavy atom. The van der Waals surface area contributed by atoms with Crippen LogP contribution in [0.1, 0.15) is 5.69 Å². The molecule has 0 radical (unpaired) electrons. The summed E-state index contributed by atoms with van der Waals surface area (Å²) >= 11 is 1.37. The first kappa shape index (κ1) is 13.8. The van der Waals surface area contributed by atoms with E-state index in [4.69, 9.17) is 4.74 Å². The second-order valence-electron chi connectivity index (χ2n) is 4.14. The summed E-state index contributed by atoms with van der Waals surface area (Å²) in [7, 11) is 1.54. The normalized spacial score (nSPS) is 19.1. The van der Waals surface area contributed by atoms with E-state index in [0.717, 1.165) is 5.69 Å². The van der Waals surface area contributed by atoms with Gasteiger partial charge in [-0.05, 0) is 6.92 Å². The number of hydrogen-bond acceptors (Lipinski definition) is 5. The number of urea groups is 1. The minimum atomic E-state index is -0.609. The largest absolute Gasteiger partial charge is 0.365 e. The summed E-state index contributed by atoms with van der Waals surface area (Å²) in [5, 5.41) is 7.66. The Morgan fingerprint density at radius 3 is 3.00 bits per heavy atom. The van der Waals surface area contributed by atoms with Crippen LogP contribution in [0.3, 0.4) is 0 Å². The molecule has 104 valence electrons. The van der Waals surface area contributed by atoms with Crippen molar-refractivity contribution >= 4 is 28.4 Å². The van der Waals surface area contributed by atoms with Gasteiger partial charge in [-0.25, -0.2) is 9.78 Å². The average molecular weight is 284 g/mol.